The molecule has 0 spiro atoms. The second-order valence-electron chi connectivity index (χ2n) is 7.33. The topological polar surface area (TPSA) is 131 Å². The van der Waals surface area contributed by atoms with Crippen LogP contribution in [0.3, 0.4) is 0 Å². The monoisotopic (exact) mass is 474 g/mol. The molecule has 2 aliphatic heterocycles. The molecular formula is C21H19FN4O6S. The number of aromatic nitrogens is 2. The summed E-state index contributed by atoms with van der Waals surface area (Å²) < 4.78 is 26.0. The number of carboxylic acid groups (broad SMARTS) is 1. The van der Waals surface area contributed by atoms with Gasteiger partial charge in [0.1, 0.15) is 18.2 Å². The molecule has 10 nitrogen and oxygen atoms in total. The number of hydrogen-bond acceptors (Lipinski definition) is 8. The van der Waals surface area contributed by atoms with E-state index < -0.39 is 29.5 Å². The zero-order valence-corrected chi connectivity index (χ0v) is 18.2. The van der Waals surface area contributed by atoms with Crippen LogP contribution < -0.4 is 14.8 Å². The maximum absolute atomic E-state index is 14.4. The SMILES string of the molecule is Cc1c(Oc2cccc(/C=C3\SC(=O)NC3=O)c2)ncnc1OC1CCN(C(=O)O)CC1F. The molecule has 0 aliphatic carbocycles. The van der Waals surface area contributed by atoms with Gasteiger partial charge in [-0.2, -0.15) is 0 Å². The minimum Gasteiger partial charge on any atom is -0.471 e. The van der Waals surface area contributed by atoms with Gasteiger partial charge in [0.25, 0.3) is 11.1 Å². The van der Waals surface area contributed by atoms with Crippen molar-refractivity contribution in [2.75, 3.05) is 13.1 Å². The Kier molecular flexibility index (Phi) is 6.45. The highest BCUT2D eigenvalue weighted by Gasteiger charge is 2.33. The summed E-state index contributed by atoms with van der Waals surface area (Å²) >= 11 is 0.818. The first-order chi connectivity index (χ1) is 15.8. The summed E-state index contributed by atoms with van der Waals surface area (Å²) in [5.74, 6) is 0.314. The number of imide groups is 1. The molecule has 1 aromatic heterocycles. The lowest BCUT2D eigenvalue weighted by atomic mass is 10.1. The van der Waals surface area contributed by atoms with E-state index in [-0.39, 0.29) is 36.2 Å². The van der Waals surface area contributed by atoms with Crippen LogP contribution in [0.1, 0.15) is 17.5 Å². The van der Waals surface area contributed by atoms with Crippen LogP contribution in [0.2, 0.25) is 0 Å². The number of ether oxygens (including phenoxy) is 2. The maximum Gasteiger partial charge on any atom is 0.407 e. The predicted octanol–water partition coefficient (Wildman–Crippen LogP) is 3.37. The van der Waals surface area contributed by atoms with Crippen LogP contribution in [0.5, 0.6) is 17.5 Å². The molecule has 2 aliphatic rings. The van der Waals surface area contributed by atoms with Crippen molar-refractivity contribution in [1.82, 2.24) is 20.2 Å². The molecule has 33 heavy (non-hydrogen) atoms. The highest BCUT2D eigenvalue weighted by molar-refractivity contribution is 8.18. The van der Waals surface area contributed by atoms with E-state index in [2.05, 4.69) is 15.3 Å². The molecule has 0 saturated carbocycles. The molecule has 0 bridgehead atoms. The number of nitrogens with zero attached hydrogens (tertiary/aromatic N) is 3. The molecule has 2 unspecified atom stereocenters. The number of piperidine rings is 1. The third-order valence-electron chi connectivity index (χ3n) is 5.02. The highest BCUT2D eigenvalue weighted by atomic mass is 32.2. The van der Waals surface area contributed by atoms with Gasteiger partial charge in [-0.05, 0) is 42.5 Å². The fourth-order valence-electron chi connectivity index (χ4n) is 3.33. The number of carbonyl (C=O) groups is 3. The van der Waals surface area contributed by atoms with E-state index in [9.17, 15) is 18.8 Å². The van der Waals surface area contributed by atoms with Gasteiger partial charge in [0, 0.05) is 13.0 Å². The van der Waals surface area contributed by atoms with Crippen LogP contribution in [0, 0.1) is 6.92 Å². The predicted molar refractivity (Wildman–Crippen MR) is 116 cm³/mol. The van der Waals surface area contributed by atoms with E-state index in [1.807, 2.05) is 0 Å². The standard InChI is InChI=1S/C21H19FN4O6S/c1-11-18(23-10-24-19(11)32-15-5-6-26(21(29)30)9-14(15)22)31-13-4-2-3-12(7-13)8-16-17(27)25-20(28)33-16/h2-4,7-8,10,14-15H,5-6,9H2,1H3,(H,29,30)(H,25,27,28)/b16-8-. The Hall–Kier alpha value is -3.67. The van der Waals surface area contributed by atoms with E-state index in [1.54, 1.807) is 37.3 Å². The zero-order valence-electron chi connectivity index (χ0n) is 17.4. The number of halogens is 1. The fraction of sp³-hybridized carbons (Fsp3) is 0.286. The largest absolute Gasteiger partial charge is 0.471 e. The van der Waals surface area contributed by atoms with Gasteiger partial charge in [0.15, 0.2) is 6.17 Å². The first kappa shape index (κ1) is 22.5. The summed E-state index contributed by atoms with van der Waals surface area (Å²) in [6, 6.07) is 6.84. The van der Waals surface area contributed by atoms with Crippen molar-refractivity contribution in [1.29, 1.82) is 0 Å². The molecule has 0 radical (unpaired) electrons. The van der Waals surface area contributed by atoms with Crippen molar-refractivity contribution in [3.05, 3.63) is 46.6 Å². The smallest absolute Gasteiger partial charge is 0.407 e. The van der Waals surface area contributed by atoms with Crippen molar-refractivity contribution in [3.8, 4) is 17.5 Å². The third kappa shape index (κ3) is 5.22. The number of rotatable bonds is 5. The Balaban J connectivity index is 1.47. The second kappa shape index (κ2) is 9.45. The third-order valence-corrected chi connectivity index (χ3v) is 5.83. The molecule has 2 aromatic rings. The summed E-state index contributed by atoms with van der Waals surface area (Å²) in [6.45, 7) is 1.57. The summed E-state index contributed by atoms with van der Waals surface area (Å²) in [6.07, 6.45) is -0.497. The molecule has 2 fully saturated rings. The van der Waals surface area contributed by atoms with Crippen LogP contribution >= 0.6 is 11.8 Å². The Bertz CT molecular complexity index is 1140. The summed E-state index contributed by atoms with van der Waals surface area (Å²) in [4.78, 5) is 43.6. The number of benzene rings is 1. The highest BCUT2D eigenvalue weighted by Crippen LogP contribution is 2.31. The second-order valence-corrected chi connectivity index (χ2v) is 8.34. The van der Waals surface area contributed by atoms with Crippen molar-refractivity contribution in [2.45, 2.75) is 25.6 Å². The van der Waals surface area contributed by atoms with Crippen LogP contribution in [-0.4, -0.2) is 62.6 Å². The summed E-state index contributed by atoms with van der Waals surface area (Å²) in [5.41, 5.74) is 1.10. The minimum absolute atomic E-state index is 0.146. The van der Waals surface area contributed by atoms with Crippen molar-refractivity contribution in [2.24, 2.45) is 0 Å². The van der Waals surface area contributed by atoms with Crippen LogP contribution in [0.4, 0.5) is 14.0 Å². The van der Waals surface area contributed by atoms with Gasteiger partial charge in [0.2, 0.25) is 11.8 Å². The Morgan fingerprint density at radius 1 is 1.33 bits per heavy atom. The van der Waals surface area contributed by atoms with Gasteiger partial charge < -0.3 is 19.5 Å². The van der Waals surface area contributed by atoms with E-state index in [0.717, 1.165) is 16.7 Å². The van der Waals surface area contributed by atoms with Gasteiger partial charge in [-0.1, -0.05) is 12.1 Å². The van der Waals surface area contributed by atoms with E-state index >= 15 is 0 Å². The number of nitrogens with one attached hydrogen (secondary N) is 1. The van der Waals surface area contributed by atoms with Crippen molar-refractivity contribution in [3.63, 3.8) is 0 Å². The average molecular weight is 474 g/mol. The summed E-state index contributed by atoms with van der Waals surface area (Å²) in [7, 11) is 0. The Morgan fingerprint density at radius 3 is 2.82 bits per heavy atom. The molecule has 2 N–H and O–H groups in total. The van der Waals surface area contributed by atoms with Crippen molar-refractivity contribution >= 4 is 35.1 Å². The molecule has 2 saturated heterocycles. The molecule has 12 heteroatoms. The van der Waals surface area contributed by atoms with Gasteiger partial charge in [-0.3, -0.25) is 14.9 Å². The van der Waals surface area contributed by atoms with Gasteiger partial charge in [-0.25, -0.2) is 19.2 Å². The number of thioether (sulfide) groups is 1. The number of likely N-dealkylation sites (tertiary alicyclic amines) is 1. The summed E-state index contributed by atoms with van der Waals surface area (Å²) in [5, 5.41) is 10.8. The van der Waals surface area contributed by atoms with Gasteiger partial charge in [-0.15, -0.1) is 0 Å². The fourth-order valence-corrected chi connectivity index (χ4v) is 4.01. The number of hydrogen-bond donors (Lipinski definition) is 2. The molecule has 2 atom stereocenters. The van der Waals surface area contributed by atoms with E-state index in [1.165, 1.54) is 6.33 Å². The van der Waals surface area contributed by atoms with Crippen LogP contribution in [-0.2, 0) is 4.79 Å². The number of alkyl halides is 1. The van der Waals surface area contributed by atoms with E-state index in [0.29, 0.717) is 16.9 Å². The average Bonchev–Trinajstić information content (AvgIpc) is 3.09. The number of carbonyl (C=O) groups excluding carboxylic acids is 2. The van der Waals surface area contributed by atoms with E-state index in [4.69, 9.17) is 14.6 Å². The first-order valence-electron chi connectivity index (χ1n) is 9.93. The molecule has 4 rings (SSSR count). The molecular weight excluding hydrogens is 455 g/mol. The first-order valence-corrected chi connectivity index (χ1v) is 10.7. The quantitative estimate of drug-likeness (QED) is 0.626. The van der Waals surface area contributed by atoms with Gasteiger partial charge in [0.05, 0.1) is 17.0 Å². The van der Waals surface area contributed by atoms with Gasteiger partial charge >= 0.3 is 6.09 Å². The normalized spacial score (nSPS) is 21.8. The van der Waals surface area contributed by atoms with Crippen molar-refractivity contribution < 1.29 is 33.4 Å². The Labute approximate surface area is 191 Å². The molecule has 1 aromatic carbocycles. The molecule has 172 valence electrons. The lowest BCUT2D eigenvalue weighted by Crippen LogP contribution is -2.48. The van der Waals surface area contributed by atoms with Crippen LogP contribution in [0.25, 0.3) is 6.08 Å². The molecule has 3 heterocycles. The minimum atomic E-state index is -1.49. The Morgan fingerprint density at radius 2 is 2.12 bits per heavy atom. The van der Waals surface area contributed by atoms with Crippen LogP contribution in [0.15, 0.2) is 35.5 Å². The zero-order chi connectivity index (χ0) is 23.5. The number of amides is 3. The lowest BCUT2D eigenvalue weighted by Gasteiger charge is -2.33. The maximum atomic E-state index is 14.4. The molecule has 3 amide bonds. The lowest BCUT2D eigenvalue weighted by molar-refractivity contribution is -0.115.